The van der Waals surface area contributed by atoms with Gasteiger partial charge in [-0.3, -0.25) is 0 Å². The largest absolute Gasteiger partial charge is 0.330 e. The number of rotatable bonds is 2. The van der Waals surface area contributed by atoms with Crippen LogP contribution in [0.3, 0.4) is 0 Å². The number of imidazole rings is 1. The van der Waals surface area contributed by atoms with Crippen LogP contribution in [0.5, 0.6) is 0 Å². The topological polar surface area (TPSA) is 41.6 Å². The van der Waals surface area contributed by atoms with Gasteiger partial charge in [0, 0.05) is 12.6 Å². The molecule has 0 radical (unpaired) electrons. The highest BCUT2D eigenvalue weighted by Gasteiger charge is 2.14. The fourth-order valence-electron chi connectivity index (χ4n) is 2.30. The molecule has 18 heavy (non-hydrogen) atoms. The Hall–Kier alpha value is -2.08. The van der Waals surface area contributed by atoms with Crippen molar-refractivity contribution in [3.05, 3.63) is 40.7 Å². The summed E-state index contributed by atoms with van der Waals surface area (Å²) >= 11 is 0. The Morgan fingerprint density at radius 2 is 2.00 bits per heavy atom. The van der Waals surface area contributed by atoms with Crippen molar-refractivity contribution in [1.29, 1.82) is 5.26 Å². The highest BCUT2D eigenvalue weighted by Crippen LogP contribution is 2.25. The zero-order chi connectivity index (χ0) is 13.3. The molecule has 92 valence electrons. The predicted molar refractivity (Wildman–Crippen MR) is 72.2 cm³/mol. The van der Waals surface area contributed by atoms with Crippen LogP contribution in [0.2, 0.25) is 0 Å². The summed E-state index contributed by atoms with van der Waals surface area (Å²) in [5.41, 5.74) is 5.53. The van der Waals surface area contributed by atoms with E-state index in [4.69, 9.17) is 5.26 Å². The molecule has 2 rings (SSSR count). The second kappa shape index (κ2) is 4.66. The molecule has 0 bridgehead atoms. The molecule has 3 heteroatoms. The number of aromatic nitrogens is 2. The van der Waals surface area contributed by atoms with E-state index in [0.717, 1.165) is 22.8 Å². The molecule has 0 saturated carbocycles. The number of nitriles is 1. The molecule has 1 aromatic heterocycles. The first kappa shape index (κ1) is 12.4. The molecule has 3 nitrogen and oxygen atoms in total. The van der Waals surface area contributed by atoms with E-state index in [1.54, 1.807) is 0 Å². The highest BCUT2D eigenvalue weighted by molar-refractivity contribution is 5.62. The van der Waals surface area contributed by atoms with Crippen molar-refractivity contribution in [3.8, 4) is 17.5 Å². The van der Waals surface area contributed by atoms with Gasteiger partial charge in [-0.25, -0.2) is 4.98 Å². The molecule has 0 atom stereocenters. The van der Waals surface area contributed by atoms with Crippen LogP contribution in [0.15, 0.2) is 18.2 Å². The number of hydrogen-bond donors (Lipinski definition) is 0. The van der Waals surface area contributed by atoms with E-state index < -0.39 is 0 Å². The molecule has 1 aromatic carbocycles. The van der Waals surface area contributed by atoms with Crippen LogP contribution in [0.25, 0.3) is 11.4 Å². The first-order chi connectivity index (χ1) is 8.54. The molecular formula is C15H17N3. The molecule has 0 aliphatic heterocycles. The van der Waals surface area contributed by atoms with E-state index >= 15 is 0 Å². The van der Waals surface area contributed by atoms with Gasteiger partial charge in [0.15, 0.2) is 0 Å². The lowest BCUT2D eigenvalue weighted by molar-refractivity contribution is 0.859. The van der Waals surface area contributed by atoms with Gasteiger partial charge in [-0.05, 0) is 26.3 Å². The highest BCUT2D eigenvalue weighted by atomic mass is 15.1. The fraction of sp³-hybridized carbons (Fsp3) is 0.333. The molecule has 0 aliphatic carbocycles. The van der Waals surface area contributed by atoms with Crippen LogP contribution in [-0.2, 0) is 13.5 Å². The van der Waals surface area contributed by atoms with Crippen LogP contribution >= 0.6 is 0 Å². The van der Waals surface area contributed by atoms with Crippen molar-refractivity contribution in [2.75, 3.05) is 0 Å². The van der Waals surface area contributed by atoms with Crippen LogP contribution in [0, 0.1) is 32.1 Å². The average Bonchev–Trinajstić information content (AvgIpc) is 2.58. The zero-order valence-corrected chi connectivity index (χ0v) is 11.3. The molecule has 0 aliphatic rings. The lowest BCUT2D eigenvalue weighted by atomic mass is 10.1. The normalized spacial score (nSPS) is 10.4. The summed E-state index contributed by atoms with van der Waals surface area (Å²) in [6.45, 7) is 6.14. The van der Waals surface area contributed by atoms with Gasteiger partial charge in [0.1, 0.15) is 5.82 Å². The Bertz CT molecular complexity index is 630. The SMILES string of the molecule is Cc1ccc(-c2nc(C)c(CC#N)n2C)c(C)c1. The molecule has 1 heterocycles. The van der Waals surface area contributed by atoms with E-state index in [1.807, 2.05) is 18.5 Å². The van der Waals surface area contributed by atoms with E-state index in [0.29, 0.717) is 6.42 Å². The standard InChI is InChI=1S/C15H17N3/c1-10-5-6-13(11(2)9-10)15-17-12(3)14(7-8-16)18(15)4/h5-6,9H,7H2,1-4H3. The van der Waals surface area contributed by atoms with Gasteiger partial charge in [-0.1, -0.05) is 23.8 Å². The maximum atomic E-state index is 8.85. The summed E-state index contributed by atoms with van der Waals surface area (Å²) in [6.07, 6.45) is 0.403. The first-order valence-corrected chi connectivity index (χ1v) is 6.01. The zero-order valence-electron chi connectivity index (χ0n) is 11.3. The maximum Gasteiger partial charge on any atom is 0.140 e. The molecule has 0 spiro atoms. The number of aryl methyl sites for hydroxylation is 3. The average molecular weight is 239 g/mol. The minimum Gasteiger partial charge on any atom is -0.330 e. The van der Waals surface area contributed by atoms with E-state index in [2.05, 4.69) is 43.1 Å². The van der Waals surface area contributed by atoms with E-state index in [-0.39, 0.29) is 0 Å². The van der Waals surface area contributed by atoms with Crippen LogP contribution in [-0.4, -0.2) is 9.55 Å². The molecule has 0 unspecified atom stereocenters. The minimum atomic E-state index is 0.403. The number of hydrogen-bond acceptors (Lipinski definition) is 2. The van der Waals surface area contributed by atoms with Crippen molar-refractivity contribution in [3.63, 3.8) is 0 Å². The maximum absolute atomic E-state index is 8.85. The molecule has 2 aromatic rings. The number of benzene rings is 1. The van der Waals surface area contributed by atoms with Crippen molar-refractivity contribution in [1.82, 2.24) is 9.55 Å². The summed E-state index contributed by atoms with van der Waals surface area (Å²) in [4.78, 5) is 4.60. The molecule has 0 N–H and O–H groups in total. The van der Waals surface area contributed by atoms with Crippen molar-refractivity contribution in [2.45, 2.75) is 27.2 Å². The van der Waals surface area contributed by atoms with Gasteiger partial charge < -0.3 is 4.57 Å². The van der Waals surface area contributed by atoms with Crippen LogP contribution in [0.1, 0.15) is 22.5 Å². The summed E-state index contributed by atoms with van der Waals surface area (Å²) in [5.74, 6) is 0.940. The van der Waals surface area contributed by atoms with Crippen molar-refractivity contribution >= 4 is 0 Å². The summed E-state index contributed by atoms with van der Waals surface area (Å²) in [5, 5.41) is 8.85. The third kappa shape index (κ3) is 2.02. The summed E-state index contributed by atoms with van der Waals surface area (Å²) < 4.78 is 2.02. The Morgan fingerprint density at radius 3 is 2.61 bits per heavy atom. The third-order valence-corrected chi connectivity index (χ3v) is 3.28. The molecule has 0 fully saturated rings. The Morgan fingerprint density at radius 1 is 1.28 bits per heavy atom. The fourth-order valence-corrected chi connectivity index (χ4v) is 2.30. The molecule has 0 saturated heterocycles. The lowest BCUT2D eigenvalue weighted by Gasteiger charge is -2.08. The Kier molecular flexibility index (Phi) is 3.20. The van der Waals surface area contributed by atoms with Crippen LogP contribution < -0.4 is 0 Å². The third-order valence-electron chi connectivity index (χ3n) is 3.28. The number of nitrogens with zero attached hydrogens (tertiary/aromatic N) is 3. The Balaban J connectivity index is 2.58. The van der Waals surface area contributed by atoms with Gasteiger partial charge in [0.05, 0.1) is 23.9 Å². The lowest BCUT2D eigenvalue weighted by Crippen LogP contribution is -1.99. The summed E-state index contributed by atoms with van der Waals surface area (Å²) in [6, 6.07) is 8.54. The van der Waals surface area contributed by atoms with Gasteiger partial charge >= 0.3 is 0 Å². The van der Waals surface area contributed by atoms with Crippen LogP contribution in [0.4, 0.5) is 0 Å². The minimum absolute atomic E-state index is 0.403. The second-order valence-corrected chi connectivity index (χ2v) is 4.68. The van der Waals surface area contributed by atoms with Gasteiger partial charge in [-0.2, -0.15) is 5.26 Å². The van der Waals surface area contributed by atoms with E-state index in [9.17, 15) is 0 Å². The smallest absolute Gasteiger partial charge is 0.140 e. The monoisotopic (exact) mass is 239 g/mol. The van der Waals surface area contributed by atoms with Gasteiger partial charge in [-0.15, -0.1) is 0 Å². The van der Waals surface area contributed by atoms with Gasteiger partial charge in [0.2, 0.25) is 0 Å². The van der Waals surface area contributed by atoms with E-state index in [1.165, 1.54) is 11.1 Å². The first-order valence-electron chi connectivity index (χ1n) is 6.01. The molecule has 0 amide bonds. The molecular weight excluding hydrogens is 222 g/mol. The summed E-state index contributed by atoms with van der Waals surface area (Å²) in [7, 11) is 1.97. The Labute approximate surface area is 108 Å². The van der Waals surface area contributed by atoms with Gasteiger partial charge in [0.25, 0.3) is 0 Å². The predicted octanol–water partition coefficient (Wildman–Crippen LogP) is 3.08. The van der Waals surface area contributed by atoms with Crippen molar-refractivity contribution < 1.29 is 0 Å². The second-order valence-electron chi connectivity index (χ2n) is 4.68. The quantitative estimate of drug-likeness (QED) is 0.808. The van der Waals surface area contributed by atoms with Crippen molar-refractivity contribution in [2.24, 2.45) is 7.05 Å².